The van der Waals surface area contributed by atoms with Gasteiger partial charge in [-0.05, 0) is 37.5 Å². The summed E-state index contributed by atoms with van der Waals surface area (Å²) in [5.41, 5.74) is 2.56. The van der Waals surface area contributed by atoms with E-state index in [9.17, 15) is 4.79 Å². The molecule has 3 rings (SSSR count). The minimum absolute atomic E-state index is 0.0122. The number of methoxy groups -OCH3 is 2. The molecule has 0 spiro atoms. The van der Waals surface area contributed by atoms with E-state index in [1.54, 1.807) is 14.2 Å². The van der Waals surface area contributed by atoms with Crippen molar-refractivity contribution in [1.29, 1.82) is 0 Å². The first-order valence-electron chi connectivity index (χ1n) is 8.01. The van der Waals surface area contributed by atoms with Crippen molar-refractivity contribution >= 4 is 5.91 Å². The highest BCUT2D eigenvalue weighted by Gasteiger charge is 2.33. The Bertz CT molecular complexity index is 569. The Kier molecular flexibility index (Phi) is 4.25. The van der Waals surface area contributed by atoms with Gasteiger partial charge in [-0.25, -0.2) is 0 Å². The van der Waals surface area contributed by atoms with E-state index in [0.29, 0.717) is 6.04 Å². The van der Waals surface area contributed by atoms with E-state index in [2.05, 4.69) is 17.4 Å². The molecule has 2 N–H and O–H groups in total. The lowest BCUT2D eigenvalue weighted by atomic mass is 9.97. The Hall–Kier alpha value is -1.75. The van der Waals surface area contributed by atoms with Gasteiger partial charge in [0.05, 0.1) is 20.8 Å². The molecule has 0 saturated heterocycles. The third-order valence-corrected chi connectivity index (χ3v) is 4.77. The molecule has 1 saturated carbocycles. The number of hydrogen-bond donors (Lipinski definition) is 2. The van der Waals surface area contributed by atoms with Gasteiger partial charge in [0.1, 0.15) is 6.54 Å². The molecule has 0 aromatic heterocycles. The molecule has 5 heteroatoms. The Morgan fingerprint density at radius 3 is 2.45 bits per heavy atom. The van der Waals surface area contributed by atoms with Crippen LogP contribution >= 0.6 is 0 Å². The fourth-order valence-corrected chi connectivity index (χ4v) is 3.10. The van der Waals surface area contributed by atoms with E-state index in [1.165, 1.54) is 16.0 Å². The van der Waals surface area contributed by atoms with E-state index in [4.69, 9.17) is 9.47 Å². The summed E-state index contributed by atoms with van der Waals surface area (Å²) in [7, 11) is 3.32. The number of rotatable bonds is 5. The molecule has 1 aromatic carbocycles. The number of nitrogens with one attached hydrogen (secondary N) is 2. The van der Waals surface area contributed by atoms with Crippen molar-refractivity contribution < 1.29 is 19.2 Å². The van der Waals surface area contributed by atoms with Crippen LogP contribution in [0.4, 0.5) is 0 Å². The molecule has 1 aliphatic heterocycles. The average Bonchev–Trinajstić information content (AvgIpc) is 3.36. The van der Waals surface area contributed by atoms with Crippen molar-refractivity contribution in [3.8, 4) is 11.5 Å². The van der Waals surface area contributed by atoms with Gasteiger partial charge >= 0.3 is 0 Å². The van der Waals surface area contributed by atoms with Crippen LogP contribution in [0.2, 0.25) is 0 Å². The first kappa shape index (κ1) is 15.2. The molecule has 1 heterocycles. The standard InChI is InChI=1S/C17H24N2O3/c1-11(17(20)18-14-4-5-14)19-7-6-12-8-15(21-2)16(22-3)9-13(12)10-19/h8-9,11,14H,4-7,10H2,1-3H3,(H,18,20)/p+1/t11-/m0/s1. The van der Waals surface area contributed by atoms with Gasteiger partial charge in [0.25, 0.3) is 5.91 Å². The van der Waals surface area contributed by atoms with Crippen molar-refractivity contribution in [2.45, 2.75) is 44.8 Å². The van der Waals surface area contributed by atoms with Crippen LogP contribution in [0.15, 0.2) is 12.1 Å². The van der Waals surface area contributed by atoms with Crippen molar-refractivity contribution in [2.75, 3.05) is 20.8 Å². The molecule has 1 fully saturated rings. The van der Waals surface area contributed by atoms with Gasteiger partial charge in [0.15, 0.2) is 17.5 Å². The zero-order valence-electron chi connectivity index (χ0n) is 13.6. The van der Waals surface area contributed by atoms with Crippen molar-refractivity contribution in [1.82, 2.24) is 5.32 Å². The lowest BCUT2D eigenvalue weighted by molar-refractivity contribution is -0.929. The number of fused-ring (bicyclic) bond motifs is 1. The first-order valence-corrected chi connectivity index (χ1v) is 8.01. The molecule has 0 radical (unpaired) electrons. The van der Waals surface area contributed by atoms with Gasteiger partial charge in [0, 0.05) is 18.0 Å². The van der Waals surface area contributed by atoms with E-state index in [-0.39, 0.29) is 11.9 Å². The molecule has 1 unspecified atom stereocenters. The summed E-state index contributed by atoms with van der Waals surface area (Å²) < 4.78 is 10.8. The lowest BCUT2D eigenvalue weighted by Gasteiger charge is -2.30. The van der Waals surface area contributed by atoms with Crippen molar-refractivity contribution in [3.63, 3.8) is 0 Å². The fraction of sp³-hybridized carbons (Fsp3) is 0.588. The number of amides is 1. The third kappa shape index (κ3) is 3.04. The zero-order valence-corrected chi connectivity index (χ0v) is 13.6. The summed E-state index contributed by atoms with van der Waals surface area (Å²) in [4.78, 5) is 13.6. The molecule has 120 valence electrons. The third-order valence-electron chi connectivity index (χ3n) is 4.77. The highest BCUT2D eigenvalue weighted by atomic mass is 16.5. The molecule has 1 aromatic rings. The van der Waals surface area contributed by atoms with Gasteiger partial charge in [-0.15, -0.1) is 0 Å². The molecular weight excluding hydrogens is 280 g/mol. The summed E-state index contributed by atoms with van der Waals surface area (Å²) in [5.74, 6) is 1.73. The fourth-order valence-electron chi connectivity index (χ4n) is 3.10. The maximum absolute atomic E-state index is 12.3. The topological polar surface area (TPSA) is 52.0 Å². The van der Waals surface area contributed by atoms with Crippen LogP contribution in [-0.4, -0.2) is 38.8 Å². The minimum atomic E-state index is -0.0122. The zero-order chi connectivity index (χ0) is 15.7. The lowest BCUT2D eigenvalue weighted by Crippen LogP contribution is -3.16. The van der Waals surface area contributed by atoms with Gasteiger partial charge in [0.2, 0.25) is 0 Å². The van der Waals surface area contributed by atoms with Crippen molar-refractivity contribution in [3.05, 3.63) is 23.3 Å². The molecule has 5 nitrogen and oxygen atoms in total. The Morgan fingerprint density at radius 1 is 1.23 bits per heavy atom. The number of quaternary nitrogens is 1. The molecular formula is C17H25N2O3+. The Balaban J connectivity index is 1.73. The second-order valence-electron chi connectivity index (χ2n) is 6.32. The van der Waals surface area contributed by atoms with Crippen LogP contribution in [0.3, 0.4) is 0 Å². The number of benzene rings is 1. The normalized spacial score (nSPS) is 21.7. The van der Waals surface area contributed by atoms with E-state index < -0.39 is 0 Å². The molecule has 0 bridgehead atoms. The van der Waals surface area contributed by atoms with E-state index >= 15 is 0 Å². The average molecular weight is 305 g/mol. The number of carbonyl (C=O) groups is 1. The molecule has 22 heavy (non-hydrogen) atoms. The minimum Gasteiger partial charge on any atom is -0.493 e. The highest BCUT2D eigenvalue weighted by molar-refractivity contribution is 5.80. The number of ether oxygens (including phenoxy) is 2. The van der Waals surface area contributed by atoms with Gasteiger partial charge < -0.3 is 19.7 Å². The summed E-state index contributed by atoms with van der Waals surface area (Å²) >= 11 is 0. The van der Waals surface area contributed by atoms with Crippen LogP contribution in [0.5, 0.6) is 11.5 Å². The Morgan fingerprint density at radius 2 is 1.86 bits per heavy atom. The molecule has 2 atom stereocenters. The van der Waals surface area contributed by atoms with Gasteiger partial charge in [-0.3, -0.25) is 4.79 Å². The second-order valence-corrected chi connectivity index (χ2v) is 6.32. The maximum Gasteiger partial charge on any atom is 0.278 e. The van der Waals surface area contributed by atoms with E-state index in [0.717, 1.165) is 43.9 Å². The first-order chi connectivity index (χ1) is 10.6. The summed E-state index contributed by atoms with van der Waals surface area (Å²) in [5, 5.41) is 3.11. The predicted octanol–water partition coefficient (Wildman–Crippen LogP) is 0.312. The summed E-state index contributed by atoms with van der Waals surface area (Å²) in [6.45, 7) is 3.86. The van der Waals surface area contributed by atoms with Crippen LogP contribution in [-0.2, 0) is 17.8 Å². The Labute approximate surface area is 131 Å². The maximum atomic E-state index is 12.3. The van der Waals surface area contributed by atoms with Crippen LogP contribution < -0.4 is 19.7 Å². The number of hydrogen-bond acceptors (Lipinski definition) is 3. The SMILES string of the molecule is COc1cc2c(cc1OC)C[NH+]([C@@H](C)C(=O)NC1CC1)CC2. The molecule has 1 amide bonds. The monoisotopic (exact) mass is 305 g/mol. The number of carbonyl (C=O) groups excluding carboxylic acids is 1. The van der Waals surface area contributed by atoms with Gasteiger partial charge in [-0.1, -0.05) is 0 Å². The summed E-state index contributed by atoms with van der Waals surface area (Å²) in [6.07, 6.45) is 3.23. The highest BCUT2D eigenvalue weighted by Crippen LogP contribution is 2.31. The quantitative estimate of drug-likeness (QED) is 0.823. The molecule has 1 aliphatic carbocycles. The van der Waals surface area contributed by atoms with Crippen LogP contribution in [0.25, 0.3) is 0 Å². The molecule has 2 aliphatic rings. The van der Waals surface area contributed by atoms with Crippen LogP contribution in [0.1, 0.15) is 30.9 Å². The largest absolute Gasteiger partial charge is 0.493 e. The smallest absolute Gasteiger partial charge is 0.278 e. The predicted molar refractivity (Wildman–Crippen MR) is 83.4 cm³/mol. The second kappa shape index (κ2) is 6.16. The van der Waals surface area contributed by atoms with Crippen LogP contribution in [0, 0.1) is 0 Å². The summed E-state index contributed by atoms with van der Waals surface area (Å²) in [6, 6.07) is 4.54. The van der Waals surface area contributed by atoms with Crippen molar-refractivity contribution in [2.24, 2.45) is 0 Å². The van der Waals surface area contributed by atoms with Gasteiger partial charge in [-0.2, -0.15) is 0 Å². The van der Waals surface area contributed by atoms with E-state index in [1.807, 2.05) is 6.92 Å².